The van der Waals surface area contributed by atoms with Crippen LogP contribution in [-0.4, -0.2) is 29.1 Å². The molecule has 4 nitrogen and oxygen atoms in total. The molecule has 2 rings (SSSR count). The average molecular weight is 248 g/mol. The number of hydrogen-bond donors (Lipinski definition) is 1. The van der Waals surface area contributed by atoms with Gasteiger partial charge in [-0.25, -0.2) is 0 Å². The van der Waals surface area contributed by atoms with Crippen molar-refractivity contribution >= 4 is 11.7 Å². The quantitative estimate of drug-likeness (QED) is 0.889. The number of rotatable bonds is 4. The van der Waals surface area contributed by atoms with E-state index in [2.05, 4.69) is 16.8 Å². The van der Waals surface area contributed by atoms with Crippen molar-refractivity contribution in [3.63, 3.8) is 0 Å². The standard InChI is InChI=1S/C14H20N2O2/c1-11(9-14(17)18)12-3-2-8-16(10-12)13-4-6-15-7-5-13/h4-7,11-12H,2-3,8-10H2,1H3,(H,17,18). The van der Waals surface area contributed by atoms with Crippen LogP contribution in [0.4, 0.5) is 5.69 Å². The number of hydrogen-bond acceptors (Lipinski definition) is 3. The Morgan fingerprint density at radius 1 is 1.56 bits per heavy atom. The number of pyridine rings is 1. The topological polar surface area (TPSA) is 53.4 Å². The van der Waals surface area contributed by atoms with Crippen molar-refractivity contribution in [2.75, 3.05) is 18.0 Å². The minimum absolute atomic E-state index is 0.243. The maximum Gasteiger partial charge on any atom is 0.303 e. The SMILES string of the molecule is CC(CC(=O)O)C1CCCN(c2ccncc2)C1. The van der Waals surface area contributed by atoms with E-state index in [-0.39, 0.29) is 12.3 Å². The van der Waals surface area contributed by atoms with Gasteiger partial charge in [-0.3, -0.25) is 9.78 Å². The van der Waals surface area contributed by atoms with Crippen LogP contribution in [0.25, 0.3) is 0 Å². The zero-order valence-corrected chi connectivity index (χ0v) is 10.7. The highest BCUT2D eigenvalue weighted by Gasteiger charge is 2.26. The summed E-state index contributed by atoms with van der Waals surface area (Å²) in [6.45, 7) is 4.06. The number of aromatic nitrogens is 1. The van der Waals surface area contributed by atoms with Gasteiger partial charge >= 0.3 is 5.97 Å². The fraction of sp³-hybridized carbons (Fsp3) is 0.571. The average Bonchev–Trinajstić information content (AvgIpc) is 2.39. The first-order valence-electron chi connectivity index (χ1n) is 6.53. The van der Waals surface area contributed by atoms with Crippen LogP contribution >= 0.6 is 0 Å². The van der Waals surface area contributed by atoms with Crippen molar-refractivity contribution in [2.24, 2.45) is 11.8 Å². The van der Waals surface area contributed by atoms with Crippen molar-refractivity contribution in [1.82, 2.24) is 4.98 Å². The summed E-state index contributed by atoms with van der Waals surface area (Å²) < 4.78 is 0. The van der Waals surface area contributed by atoms with Gasteiger partial charge in [0.05, 0.1) is 0 Å². The lowest BCUT2D eigenvalue weighted by atomic mass is 9.84. The fourth-order valence-corrected chi connectivity index (χ4v) is 2.71. The summed E-state index contributed by atoms with van der Waals surface area (Å²) >= 11 is 0. The van der Waals surface area contributed by atoms with E-state index in [0.29, 0.717) is 5.92 Å². The molecule has 2 atom stereocenters. The highest BCUT2D eigenvalue weighted by Crippen LogP contribution is 2.28. The molecule has 98 valence electrons. The van der Waals surface area contributed by atoms with Gasteiger partial charge in [-0.1, -0.05) is 6.92 Å². The largest absolute Gasteiger partial charge is 0.481 e. The molecule has 2 unspecified atom stereocenters. The second kappa shape index (κ2) is 5.85. The highest BCUT2D eigenvalue weighted by molar-refractivity contribution is 5.67. The predicted octanol–water partition coefficient (Wildman–Crippen LogP) is 2.41. The molecule has 1 saturated heterocycles. The minimum atomic E-state index is -0.691. The summed E-state index contributed by atoms with van der Waals surface area (Å²) in [4.78, 5) is 17.2. The highest BCUT2D eigenvalue weighted by atomic mass is 16.4. The Kier molecular flexibility index (Phi) is 4.18. The normalized spacial score (nSPS) is 21.6. The maximum atomic E-state index is 10.8. The van der Waals surface area contributed by atoms with E-state index in [1.54, 1.807) is 12.4 Å². The van der Waals surface area contributed by atoms with Crippen molar-refractivity contribution in [1.29, 1.82) is 0 Å². The van der Waals surface area contributed by atoms with E-state index < -0.39 is 5.97 Å². The third-order valence-electron chi connectivity index (χ3n) is 3.79. The molecular weight excluding hydrogens is 228 g/mol. The lowest BCUT2D eigenvalue weighted by Crippen LogP contribution is -2.38. The van der Waals surface area contributed by atoms with E-state index in [0.717, 1.165) is 25.9 Å². The van der Waals surface area contributed by atoms with E-state index in [1.165, 1.54) is 5.69 Å². The maximum absolute atomic E-state index is 10.8. The molecule has 0 amide bonds. The van der Waals surface area contributed by atoms with E-state index >= 15 is 0 Å². The van der Waals surface area contributed by atoms with Crippen LogP contribution in [0.15, 0.2) is 24.5 Å². The van der Waals surface area contributed by atoms with Crippen LogP contribution in [0.5, 0.6) is 0 Å². The second-order valence-electron chi connectivity index (χ2n) is 5.13. The van der Waals surface area contributed by atoms with Gasteiger partial charge in [-0.05, 0) is 36.8 Å². The van der Waals surface area contributed by atoms with Gasteiger partial charge in [0.25, 0.3) is 0 Å². The Morgan fingerprint density at radius 2 is 2.28 bits per heavy atom. The number of nitrogens with zero attached hydrogens (tertiary/aromatic N) is 2. The van der Waals surface area contributed by atoms with Gasteiger partial charge in [0.15, 0.2) is 0 Å². The molecule has 1 aromatic rings. The Labute approximate surface area is 108 Å². The van der Waals surface area contributed by atoms with Gasteiger partial charge in [0.1, 0.15) is 0 Å². The molecule has 0 bridgehead atoms. The van der Waals surface area contributed by atoms with Crippen LogP contribution in [0.2, 0.25) is 0 Å². The van der Waals surface area contributed by atoms with Crippen LogP contribution in [0.3, 0.4) is 0 Å². The molecule has 0 aliphatic carbocycles. The molecule has 0 spiro atoms. The summed E-state index contributed by atoms with van der Waals surface area (Å²) in [6.07, 6.45) is 6.15. The first-order chi connectivity index (χ1) is 8.66. The Balaban J connectivity index is 1.98. The molecule has 1 fully saturated rings. The van der Waals surface area contributed by atoms with Gasteiger partial charge in [-0.2, -0.15) is 0 Å². The van der Waals surface area contributed by atoms with Gasteiger partial charge < -0.3 is 10.0 Å². The van der Waals surface area contributed by atoms with E-state index in [9.17, 15) is 4.79 Å². The molecule has 4 heteroatoms. The van der Waals surface area contributed by atoms with Crippen LogP contribution in [0, 0.1) is 11.8 Å². The predicted molar refractivity (Wildman–Crippen MR) is 70.6 cm³/mol. The number of piperidine rings is 1. The van der Waals surface area contributed by atoms with Crippen molar-refractivity contribution in [3.8, 4) is 0 Å². The Morgan fingerprint density at radius 3 is 2.94 bits per heavy atom. The first kappa shape index (κ1) is 12.9. The minimum Gasteiger partial charge on any atom is -0.481 e. The van der Waals surface area contributed by atoms with Crippen molar-refractivity contribution in [2.45, 2.75) is 26.2 Å². The molecule has 2 heterocycles. The van der Waals surface area contributed by atoms with Gasteiger partial charge in [-0.15, -0.1) is 0 Å². The molecule has 0 radical (unpaired) electrons. The number of aliphatic carboxylic acids is 1. The molecule has 1 aliphatic rings. The zero-order valence-electron chi connectivity index (χ0n) is 10.7. The van der Waals surface area contributed by atoms with Gasteiger partial charge in [0.2, 0.25) is 0 Å². The molecule has 1 aliphatic heterocycles. The van der Waals surface area contributed by atoms with Crippen LogP contribution in [-0.2, 0) is 4.79 Å². The molecule has 18 heavy (non-hydrogen) atoms. The summed E-state index contributed by atoms with van der Waals surface area (Å²) in [7, 11) is 0. The number of carboxylic acids is 1. The number of anilines is 1. The van der Waals surface area contributed by atoms with E-state index in [4.69, 9.17) is 5.11 Å². The van der Waals surface area contributed by atoms with Crippen molar-refractivity contribution < 1.29 is 9.90 Å². The number of carboxylic acid groups (broad SMARTS) is 1. The fourth-order valence-electron chi connectivity index (χ4n) is 2.71. The monoisotopic (exact) mass is 248 g/mol. The summed E-state index contributed by atoms with van der Waals surface area (Å²) in [5.41, 5.74) is 1.19. The zero-order chi connectivity index (χ0) is 13.0. The summed E-state index contributed by atoms with van der Waals surface area (Å²) in [5, 5.41) is 8.88. The Hall–Kier alpha value is -1.58. The first-order valence-corrected chi connectivity index (χ1v) is 6.53. The smallest absolute Gasteiger partial charge is 0.303 e. The molecule has 1 aromatic heterocycles. The summed E-state index contributed by atoms with van der Waals surface area (Å²) in [6, 6.07) is 4.04. The number of carbonyl (C=O) groups is 1. The molecule has 0 saturated carbocycles. The molecule has 1 N–H and O–H groups in total. The molecule has 0 aromatic carbocycles. The lowest BCUT2D eigenvalue weighted by molar-refractivity contribution is -0.138. The third-order valence-corrected chi connectivity index (χ3v) is 3.79. The van der Waals surface area contributed by atoms with Crippen LogP contribution < -0.4 is 4.90 Å². The van der Waals surface area contributed by atoms with Crippen molar-refractivity contribution in [3.05, 3.63) is 24.5 Å². The third kappa shape index (κ3) is 3.22. The summed E-state index contributed by atoms with van der Waals surface area (Å²) in [5.74, 6) is 0.0266. The second-order valence-corrected chi connectivity index (χ2v) is 5.13. The molecular formula is C14H20N2O2. The van der Waals surface area contributed by atoms with Crippen LogP contribution in [0.1, 0.15) is 26.2 Å². The van der Waals surface area contributed by atoms with Gasteiger partial charge in [0, 0.05) is 37.6 Å². The Bertz CT molecular complexity index is 394. The lowest BCUT2D eigenvalue weighted by Gasteiger charge is -2.36. The van der Waals surface area contributed by atoms with E-state index in [1.807, 2.05) is 12.1 Å².